The van der Waals surface area contributed by atoms with Gasteiger partial charge in [0.25, 0.3) is 0 Å². The number of primary amides is 1. The maximum absolute atomic E-state index is 12.0. The van der Waals surface area contributed by atoms with Crippen LogP contribution in [0, 0.1) is 5.92 Å². The molecule has 2 atom stereocenters. The first-order valence-corrected chi connectivity index (χ1v) is 8.11. The second-order valence-electron chi connectivity index (χ2n) is 7.02. The van der Waals surface area contributed by atoms with E-state index >= 15 is 0 Å². The van der Waals surface area contributed by atoms with Crippen molar-refractivity contribution in [3.63, 3.8) is 0 Å². The van der Waals surface area contributed by atoms with Crippen molar-refractivity contribution in [2.45, 2.75) is 64.6 Å². The van der Waals surface area contributed by atoms with Crippen LogP contribution < -0.4 is 11.1 Å². The van der Waals surface area contributed by atoms with E-state index in [4.69, 9.17) is 10.5 Å². The number of nitrogens with two attached hydrogens (primary N) is 1. The van der Waals surface area contributed by atoms with Gasteiger partial charge in [-0.2, -0.15) is 0 Å². The van der Waals surface area contributed by atoms with Crippen LogP contribution in [0.15, 0.2) is 0 Å². The van der Waals surface area contributed by atoms with Gasteiger partial charge in [0.1, 0.15) is 0 Å². The second kappa shape index (κ2) is 8.11. The summed E-state index contributed by atoms with van der Waals surface area (Å²) < 4.78 is 5.23. The molecule has 0 aliphatic heterocycles. The third kappa shape index (κ3) is 5.24. The van der Waals surface area contributed by atoms with Crippen molar-refractivity contribution in [1.29, 1.82) is 0 Å². The van der Waals surface area contributed by atoms with Crippen LogP contribution in [0.4, 0.5) is 0 Å². The largest absolute Gasteiger partial charge is 0.383 e. The Morgan fingerprint density at radius 2 is 2.10 bits per heavy atom. The first kappa shape index (κ1) is 18.4. The molecule has 1 aliphatic rings. The molecule has 0 heterocycles. The maximum Gasteiger partial charge on any atom is 0.237 e. The van der Waals surface area contributed by atoms with Crippen molar-refractivity contribution in [3.8, 4) is 0 Å². The molecule has 5 heteroatoms. The minimum atomic E-state index is -0.541. The van der Waals surface area contributed by atoms with Gasteiger partial charge in [-0.05, 0) is 39.0 Å². The highest BCUT2D eigenvalue weighted by Crippen LogP contribution is 2.34. The zero-order chi connectivity index (χ0) is 16.0. The van der Waals surface area contributed by atoms with Gasteiger partial charge in [0.2, 0.25) is 5.91 Å². The van der Waals surface area contributed by atoms with Crippen LogP contribution in [0.3, 0.4) is 0 Å². The standard InChI is InChI=1S/C16H33N3O2/c1-12(2)11-19(8-9-21-5)14-6-7-16(10-14,15(17)20)18-13(3)4/h12-14,18H,6-11H2,1-5H3,(H2,17,20). The van der Waals surface area contributed by atoms with Crippen LogP contribution in [0.5, 0.6) is 0 Å². The smallest absolute Gasteiger partial charge is 0.237 e. The Labute approximate surface area is 129 Å². The molecule has 0 saturated heterocycles. The van der Waals surface area contributed by atoms with Crippen molar-refractivity contribution in [3.05, 3.63) is 0 Å². The van der Waals surface area contributed by atoms with Gasteiger partial charge in [-0.25, -0.2) is 0 Å². The first-order chi connectivity index (χ1) is 9.80. The summed E-state index contributed by atoms with van der Waals surface area (Å²) in [7, 11) is 1.73. The third-order valence-electron chi connectivity index (χ3n) is 4.22. The van der Waals surface area contributed by atoms with E-state index in [0.717, 1.165) is 39.0 Å². The Morgan fingerprint density at radius 1 is 1.43 bits per heavy atom. The van der Waals surface area contributed by atoms with Crippen LogP contribution in [0.1, 0.15) is 47.0 Å². The summed E-state index contributed by atoms with van der Waals surface area (Å²) in [6.45, 7) is 11.2. The predicted octanol–water partition coefficient (Wildman–Crippen LogP) is 1.37. The van der Waals surface area contributed by atoms with Gasteiger partial charge >= 0.3 is 0 Å². The summed E-state index contributed by atoms with van der Waals surface area (Å²) in [5, 5.41) is 3.42. The normalized spacial score (nSPS) is 26.2. The quantitative estimate of drug-likeness (QED) is 0.675. The monoisotopic (exact) mass is 299 g/mol. The second-order valence-corrected chi connectivity index (χ2v) is 7.02. The minimum Gasteiger partial charge on any atom is -0.383 e. The summed E-state index contributed by atoms with van der Waals surface area (Å²) in [6.07, 6.45) is 2.64. The fourth-order valence-electron chi connectivity index (χ4n) is 3.41. The molecule has 0 spiro atoms. The molecule has 5 nitrogen and oxygen atoms in total. The minimum absolute atomic E-state index is 0.213. The molecular weight excluding hydrogens is 266 g/mol. The van der Waals surface area contributed by atoms with Gasteiger partial charge in [0.05, 0.1) is 12.1 Å². The number of methoxy groups -OCH3 is 1. The Bertz CT molecular complexity index is 333. The summed E-state index contributed by atoms with van der Waals surface area (Å²) in [4.78, 5) is 14.4. The highest BCUT2D eigenvalue weighted by Gasteiger charge is 2.45. The Hall–Kier alpha value is -0.650. The van der Waals surface area contributed by atoms with E-state index in [0.29, 0.717) is 12.0 Å². The number of amides is 1. The molecule has 2 unspecified atom stereocenters. The fourth-order valence-corrected chi connectivity index (χ4v) is 3.41. The zero-order valence-electron chi connectivity index (χ0n) is 14.3. The van der Waals surface area contributed by atoms with Crippen LogP contribution in [0.25, 0.3) is 0 Å². The van der Waals surface area contributed by atoms with Gasteiger partial charge in [0, 0.05) is 32.3 Å². The molecular formula is C16H33N3O2. The van der Waals surface area contributed by atoms with Crippen LogP contribution in [-0.4, -0.2) is 55.2 Å². The maximum atomic E-state index is 12.0. The lowest BCUT2D eigenvalue weighted by Crippen LogP contribution is -2.57. The molecule has 0 aromatic rings. The van der Waals surface area contributed by atoms with E-state index < -0.39 is 5.54 Å². The highest BCUT2D eigenvalue weighted by molar-refractivity contribution is 5.85. The van der Waals surface area contributed by atoms with Gasteiger partial charge in [-0.15, -0.1) is 0 Å². The van der Waals surface area contributed by atoms with E-state index in [-0.39, 0.29) is 11.9 Å². The molecule has 1 fully saturated rings. The molecule has 1 amide bonds. The molecule has 3 N–H and O–H groups in total. The molecule has 0 bridgehead atoms. The lowest BCUT2D eigenvalue weighted by molar-refractivity contribution is -0.124. The number of carbonyl (C=O) groups excluding carboxylic acids is 1. The molecule has 0 aromatic heterocycles. The van der Waals surface area contributed by atoms with Gasteiger partial charge < -0.3 is 15.8 Å². The topological polar surface area (TPSA) is 67.6 Å². The van der Waals surface area contributed by atoms with Crippen molar-refractivity contribution in [1.82, 2.24) is 10.2 Å². The Kier molecular flexibility index (Phi) is 7.10. The average Bonchev–Trinajstić information content (AvgIpc) is 2.78. The lowest BCUT2D eigenvalue weighted by Gasteiger charge is -2.33. The first-order valence-electron chi connectivity index (χ1n) is 8.11. The third-order valence-corrected chi connectivity index (χ3v) is 4.22. The molecule has 1 aliphatic carbocycles. The summed E-state index contributed by atoms with van der Waals surface area (Å²) >= 11 is 0. The molecule has 1 rings (SSSR count). The Balaban J connectivity index is 2.76. The van der Waals surface area contributed by atoms with Gasteiger partial charge in [-0.3, -0.25) is 9.69 Å². The average molecular weight is 299 g/mol. The lowest BCUT2D eigenvalue weighted by atomic mass is 9.95. The van der Waals surface area contributed by atoms with Crippen molar-refractivity contribution >= 4 is 5.91 Å². The number of nitrogens with one attached hydrogen (secondary N) is 1. The van der Waals surface area contributed by atoms with E-state index in [9.17, 15) is 4.79 Å². The summed E-state index contributed by atoms with van der Waals surface area (Å²) in [6, 6.07) is 0.662. The molecule has 0 aromatic carbocycles. The van der Waals surface area contributed by atoms with Crippen LogP contribution >= 0.6 is 0 Å². The van der Waals surface area contributed by atoms with Crippen molar-refractivity contribution in [2.24, 2.45) is 11.7 Å². The predicted molar refractivity (Wildman–Crippen MR) is 86.1 cm³/mol. The number of hydrogen-bond acceptors (Lipinski definition) is 4. The molecule has 0 radical (unpaired) electrons. The summed E-state index contributed by atoms with van der Waals surface area (Å²) in [5.41, 5.74) is 5.16. The van der Waals surface area contributed by atoms with Crippen LogP contribution in [0.2, 0.25) is 0 Å². The molecule has 124 valence electrons. The fraction of sp³-hybridized carbons (Fsp3) is 0.938. The Morgan fingerprint density at radius 3 is 2.57 bits per heavy atom. The SMILES string of the molecule is COCCN(CC(C)C)C1CCC(NC(C)C)(C(N)=O)C1. The molecule has 1 saturated carbocycles. The van der Waals surface area contributed by atoms with Crippen LogP contribution in [-0.2, 0) is 9.53 Å². The van der Waals surface area contributed by atoms with E-state index in [1.165, 1.54) is 0 Å². The van der Waals surface area contributed by atoms with Crippen molar-refractivity contribution < 1.29 is 9.53 Å². The number of hydrogen-bond donors (Lipinski definition) is 2. The molecule has 21 heavy (non-hydrogen) atoms. The van der Waals surface area contributed by atoms with Gasteiger partial charge in [0.15, 0.2) is 0 Å². The zero-order valence-corrected chi connectivity index (χ0v) is 14.3. The number of carbonyl (C=O) groups is 1. The number of ether oxygens (including phenoxy) is 1. The van der Waals surface area contributed by atoms with E-state index in [1.54, 1.807) is 7.11 Å². The summed E-state index contributed by atoms with van der Waals surface area (Å²) in [5.74, 6) is 0.387. The highest BCUT2D eigenvalue weighted by atomic mass is 16.5. The van der Waals surface area contributed by atoms with E-state index in [1.807, 2.05) is 0 Å². The number of nitrogens with zero attached hydrogens (tertiary/aromatic N) is 1. The van der Waals surface area contributed by atoms with E-state index in [2.05, 4.69) is 37.9 Å². The number of rotatable bonds is 9. The van der Waals surface area contributed by atoms with Crippen molar-refractivity contribution in [2.75, 3.05) is 26.8 Å². The van der Waals surface area contributed by atoms with Gasteiger partial charge in [-0.1, -0.05) is 13.8 Å².